The molecule has 1 spiro atoms. The second-order valence-corrected chi connectivity index (χ2v) is 12.8. The van der Waals surface area contributed by atoms with Gasteiger partial charge in [0.15, 0.2) is 0 Å². The van der Waals surface area contributed by atoms with E-state index in [1.54, 1.807) is 15.9 Å². The number of aliphatic hydroxyl groups is 1. The molecule has 8 nitrogen and oxygen atoms in total. The van der Waals surface area contributed by atoms with E-state index in [0.29, 0.717) is 31.4 Å². The number of rotatable bonds is 14. The van der Waals surface area contributed by atoms with Crippen molar-refractivity contribution in [2.24, 2.45) is 17.8 Å². The summed E-state index contributed by atoms with van der Waals surface area (Å²) in [6.07, 6.45) is 7.56. The summed E-state index contributed by atoms with van der Waals surface area (Å²) in [6, 6.07) is 12.1. The number of unbranched alkanes of at least 4 members (excludes halogenated alkanes) is 2. The molecule has 0 aliphatic carbocycles. The molecule has 0 aromatic heterocycles. The zero-order chi connectivity index (χ0) is 31.6. The number of fused-ring (bicyclic) bond motifs is 2. The van der Waals surface area contributed by atoms with Crippen molar-refractivity contribution in [3.05, 3.63) is 67.8 Å². The third-order valence-electron chi connectivity index (χ3n) is 10.2. The van der Waals surface area contributed by atoms with Crippen LogP contribution in [0.15, 0.2) is 67.8 Å². The van der Waals surface area contributed by atoms with Crippen LogP contribution >= 0.6 is 0 Å². The smallest absolute Gasteiger partial charge is 0.312 e. The van der Waals surface area contributed by atoms with E-state index >= 15 is 0 Å². The maximum absolute atomic E-state index is 14.9. The number of allylic oxidation sites excluding steroid dienone is 1. The van der Waals surface area contributed by atoms with Crippen molar-refractivity contribution in [1.82, 2.24) is 4.90 Å². The zero-order valence-electron chi connectivity index (χ0n) is 26.2. The highest BCUT2D eigenvalue weighted by molar-refractivity contribution is 6.05. The van der Waals surface area contributed by atoms with Gasteiger partial charge in [0.1, 0.15) is 17.6 Å². The standard InChI is InChI=1S/C36H46N2O6/c1-6-9-10-13-21-43-34(42)30-29-32(40)38(28(23-39)24(4)8-3)31(36(29)19-18-35(30,5)44-36)33(41)37(20-7-2)27-17-16-25-14-11-12-15-26(25)22-27/h6-7,11-12,14-17,22,24,28-31,39H,1-2,8-10,13,18-21,23H2,3-5H3/t24-,28-,29-,30-,31?,35+,36?/m0/s1. The van der Waals surface area contributed by atoms with Crippen LogP contribution in [-0.4, -0.2) is 70.8 Å². The largest absolute Gasteiger partial charge is 0.465 e. The van der Waals surface area contributed by atoms with Gasteiger partial charge in [-0.25, -0.2) is 0 Å². The number of amides is 2. The number of esters is 1. The molecule has 2 aromatic carbocycles. The minimum Gasteiger partial charge on any atom is -0.465 e. The van der Waals surface area contributed by atoms with Gasteiger partial charge in [-0.1, -0.05) is 62.8 Å². The topological polar surface area (TPSA) is 96.4 Å². The second-order valence-electron chi connectivity index (χ2n) is 12.8. The number of ether oxygens (including phenoxy) is 2. The number of hydrogen-bond acceptors (Lipinski definition) is 6. The van der Waals surface area contributed by atoms with E-state index in [0.717, 1.165) is 23.6 Å². The van der Waals surface area contributed by atoms with Gasteiger partial charge in [-0.15, -0.1) is 13.2 Å². The molecule has 2 bridgehead atoms. The monoisotopic (exact) mass is 602 g/mol. The molecule has 3 fully saturated rings. The molecule has 44 heavy (non-hydrogen) atoms. The number of carbonyl (C=O) groups is 3. The summed E-state index contributed by atoms with van der Waals surface area (Å²) in [5, 5.41) is 12.7. The number of carbonyl (C=O) groups excluding carboxylic acids is 3. The van der Waals surface area contributed by atoms with E-state index in [4.69, 9.17) is 9.47 Å². The van der Waals surface area contributed by atoms with Crippen LogP contribution in [0, 0.1) is 17.8 Å². The molecule has 7 atom stereocenters. The summed E-state index contributed by atoms with van der Waals surface area (Å²) in [7, 11) is 0. The quantitative estimate of drug-likeness (QED) is 0.176. The van der Waals surface area contributed by atoms with Crippen molar-refractivity contribution in [1.29, 1.82) is 0 Å². The van der Waals surface area contributed by atoms with Gasteiger partial charge in [0.05, 0.1) is 30.8 Å². The van der Waals surface area contributed by atoms with Gasteiger partial charge in [0.25, 0.3) is 5.91 Å². The van der Waals surface area contributed by atoms with Crippen molar-refractivity contribution < 1.29 is 29.0 Å². The Hall–Kier alpha value is -3.49. The van der Waals surface area contributed by atoms with Gasteiger partial charge >= 0.3 is 5.97 Å². The van der Waals surface area contributed by atoms with Crippen LogP contribution in [-0.2, 0) is 23.9 Å². The normalized spacial score (nSPS) is 28.5. The first-order valence-electron chi connectivity index (χ1n) is 16.0. The van der Waals surface area contributed by atoms with E-state index in [-0.39, 0.29) is 37.5 Å². The Balaban J connectivity index is 1.57. The fourth-order valence-electron chi connectivity index (χ4n) is 7.77. The summed E-state index contributed by atoms with van der Waals surface area (Å²) < 4.78 is 12.5. The highest BCUT2D eigenvalue weighted by Crippen LogP contribution is 2.64. The predicted molar refractivity (Wildman–Crippen MR) is 171 cm³/mol. The van der Waals surface area contributed by atoms with Crippen molar-refractivity contribution in [3.8, 4) is 0 Å². The molecule has 0 saturated carbocycles. The third-order valence-corrected chi connectivity index (χ3v) is 10.2. The lowest BCUT2D eigenvalue weighted by Crippen LogP contribution is -2.60. The molecule has 0 radical (unpaired) electrons. The molecule has 3 aliphatic heterocycles. The second kappa shape index (κ2) is 12.9. The van der Waals surface area contributed by atoms with Gasteiger partial charge < -0.3 is 24.4 Å². The van der Waals surface area contributed by atoms with Crippen LogP contribution in [0.5, 0.6) is 0 Å². The first kappa shape index (κ1) is 31.9. The van der Waals surface area contributed by atoms with Crippen molar-refractivity contribution >= 4 is 34.2 Å². The van der Waals surface area contributed by atoms with E-state index in [1.807, 2.05) is 69.3 Å². The summed E-state index contributed by atoms with van der Waals surface area (Å²) >= 11 is 0. The van der Waals surface area contributed by atoms with Crippen LogP contribution in [0.2, 0.25) is 0 Å². The van der Waals surface area contributed by atoms with Gasteiger partial charge in [-0.05, 0) is 67.9 Å². The Bertz CT molecular complexity index is 1420. The Morgan fingerprint density at radius 2 is 1.91 bits per heavy atom. The zero-order valence-corrected chi connectivity index (χ0v) is 26.2. The molecule has 236 valence electrons. The molecule has 3 aliphatic rings. The van der Waals surface area contributed by atoms with Crippen LogP contribution in [0.3, 0.4) is 0 Å². The Kier molecular flexibility index (Phi) is 9.33. The predicted octanol–water partition coefficient (Wildman–Crippen LogP) is 5.43. The van der Waals surface area contributed by atoms with E-state index < -0.39 is 41.1 Å². The fraction of sp³-hybridized carbons (Fsp3) is 0.528. The first-order chi connectivity index (χ1) is 21.2. The average Bonchev–Trinajstić information content (AvgIpc) is 3.60. The van der Waals surface area contributed by atoms with E-state index in [2.05, 4.69) is 13.2 Å². The van der Waals surface area contributed by atoms with Crippen molar-refractivity contribution in [2.75, 3.05) is 24.7 Å². The summed E-state index contributed by atoms with van der Waals surface area (Å²) in [6.45, 7) is 13.7. The van der Waals surface area contributed by atoms with Crippen LogP contribution in [0.25, 0.3) is 10.8 Å². The summed E-state index contributed by atoms with van der Waals surface area (Å²) in [4.78, 5) is 46.4. The van der Waals surface area contributed by atoms with Gasteiger partial charge in [-0.2, -0.15) is 0 Å². The van der Waals surface area contributed by atoms with Gasteiger partial charge in [0, 0.05) is 12.2 Å². The van der Waals surface area contributed by atoms with E-state index in [1.165, 1.54) is 0 Å². The lowest BCUT2D eigenvalue weighted by Gasteiger charge is -2.41. The summed E-state index contributed by atoms with van der Waals surface area (Å²) in [5.41, 5.74) is -1.47. The molecule has 2 amide bonds. The average molecular weight is 603 g/mol. The highest BCUT2D eigenvalue weighted by atomic mass is 16.6. The number of aliphatic hydroxyl groups excluding tert-OH is 1. The van der Waals surface area contributed by atoms with Crippen LogP contribution < -0.4 is 4.90 Å². The maximum Gasteiger partial charge on any atom is 0.312 e. The number of benzene rings is 2. The molecule has 8 heteroatoms. The van der Waals surface area contributed by atoms with Crippen LogP contribution in [0.1, 0.15) is 59.3 Å². The lowest BCUT2D eigenvalue weighted by molar-refractivity contribution is -0.161. The molecule has 1 N–H and O–H groups in total. The van der Waals surface area contributed by atoms with E-state index in [9.17, 15) is 19.5 Å². The number of anilines is 1. The lowest BCUT2D eigenvalue weighted by atomic mass is 9.66. The molecule has 2 unspecified atom stereocenters. The molecule has 3 heterocycles. The highest BCUT2D eigenvalue weighted by Gasteiger charge is 2.79. The summed E-state index contributed by atoms with van der Waals surface area (Å²) in [5.74, 6) is -2.90. The molecular formula is C36H46N2O6. The Morgan fingerprint density at radius 3 is 2.59 bits per heavy atom. The number of likely N-dealkylation sites (tertiary alicyclic amines) is 1. The van der Waals surface area contributed by atoms with Crippen LogP contribution in [0.4, 0.5) is 5.69 Å². The minimum atomic E-state index is -1.22. The SMILES string of the molecule is C=CCCCCOC(=O)[C@@H]1[C@H]2C(=O)N([C@@H](CO)[C@@H](C)CC)C(C(=O)N(CC=C)c3ccc4ccccc4c3)C23CC[C@@]1(C)O3. The first-order valence-corrected chi connectivity index (χ1v) is 16.0. The Labute approximate surface area is 260 Å². The molecule has 3 saturated heterocycles. The van der Waals surface area contributed by atoms with Gasteiger partial charge in [-0.3, -0.25) is 14.4 Å². The molecular weight excluding hydrogens is 556 g/mol. The van der Waals surface area contributed by atoms with Crippen molar-refractivity contribution in [2.45, 2.75) is 82.6 Å². The Morgan fingerprint density at radius 1 is 1.16 bits per heavy atom. The molecule has 2 aromatic rings. The fourth-order valence-corrected chi connectivity index (χ4v) is 7.77. The maximum atomic E-state index is 14.9. The third kappa shape index (κ3) is 5.26. The van der Waals surface area contributed by atoms with Gasteiger partial charge in [0.2, 0.25) is 5.91 Å². The molecule has 5 rings (SSSR count). The number of hydrogen-bond donors (Lipinski definition) is 1. The minimum absolute atomic E-state index is 0.0916. The van der Waals surface area contributed by atoms with Crippen molar-refractivity contribution in [3.63, 3.8) is 0 Å². The number of nitrogens with zero attached hydrogens (tertiary/aromatic N) is 2.